The molecular formula is C37H20N2O8. The van der Waals surface area contributed by atoms with Gasteiger partial charge in [-0.1, -0.05) is 54.6 Å². The predicted molar refractivity (Wildman–Crippen MR) is 166 cm³/mol. The molecule has 4 aliphatic rings. The zero-order valence-electron chi connectivity index (χ0n) is 24.2. The third-order valence-electron chi connectivity index (χ3n) is 8.44. The van der Waals surface area contributed by atoms with Gasteiger partial charge in [-0.3, -0.25) is 9.59 Å². The van der Waals surface area contributed by atoms with Gasteiger partial charge in [0.2, 0.25) is 0 Å². The van der Waals surface area contributed by atoms with Crippen molar-refractivity contribution in [3.05, 3.63) is 159 Å². The lowest BCUT2D eigenvalue weighted by atomic mass is 9.89. The van der Waals surface area contributed by atoms with E-state index in [2.05, 4.69) is 20.1 Å². The van der Waals surface area contributed by atoms with Crippen LogP contribution in [-0.2, 0) is 9.47 Å². The van der Waals surface area contributed by atoms with Crippen LogP contribution in [-0.4, -0.2) is 41.7 Å². The summed E-state index contributed by atoms with van der Waals surface area (Å²) >= 11 is 0. The van der Waals surface area contributed by atoms with Gasteiger partial charge in [-0.25, -0.2) is 19.2 Å². The molecule has 0 saturated heterocycles. The highest BCUT2D eigenvalue weighted by Gasteiger charge is 2.33. The monoisotopic (exact) mass is 620 g/mol. The minimum absolute atomic E-state index is 0.0183. The molecule has 4 aromatic rings. The molecule has 0 radical (unpaired) electrons. The molecule has 0 bridgehead atoms. The summed E-state index contributed by atoms with van der Waals surface area (Å²) in [6.07, 6.45) is 5.17. The number of rotatable bonds is 4. The van der Waals surface area contributed by atoms with Crippen molar-refractivity contribution in [3.63, 3.8) is 0 Å². The second kappa shape index (κ2) is 10.5. The third kappa shape index (κ3) is 4.50. The summed E-state index contributed by atoms with van der Waals surface area (Å²) in [5, 5.41) is 5.89. The maximum Gasteiger partial charge on any atom is 0.346 e. The molecule has 47 heavy (non-hydrogen) atoms. The molecular weight excluding hydrogens is 600 g/mol. The average Bonchev–Trinajstić information content (AvgIpc) is 3.68. The van der Waals surface area contributed by atoms with Gasteiger partial charge in [-0.2, -0.15) is 0 Å². The van der Waals surface area contributed by atoms with Gasteiger partial charge in [-0.15, -0.1) is 0 Å². The molecule has 0 spiro atoms. The molecule has 2 amide bonds. The fraction of sp³-hybridized carbons (Fsp3) is 0.0270. The lowest BCUT2D eigenvalue weighted by molar-refractivity contribution is 0.0425. The molecule has 1 unspecified atom stereocenters. The summed E-state index contributed by atoms with van der Waals surface area (Å²) in [6.45, 7) is 0. The molecule has 2 heterocycles. The highest BCUT2D eigenvalue weighted by molar-refractivity contribution is 6.16. The lowest BCUT2D eigenvalue weighted by Gasteiger charge is -2.24. The lowest BCUT2D eigenvalue weighted by Crippen LogP contribution is -2.37. The first kappa shape index (κ1) is 27.8. The molecule has 0 aromatic heterocycles. The summed E-state index contributed by atoms with van der Waals surface area (Å²) < 4.78 is 9.31. The summed E-state index contributed by atoms with van der Waals surface area (Å²) in [5.74, 6) is -4.15. The van der Waals surface area contributed by atoms with Gasteiger partial charge in [0.1, 0.15) is 0 Å². The van der Waals surface area contributed by atoms with Crippen LogP contribution in [0, 0.1) is 0 Å². The average molecular weight is 621 g/mol. The van der Waals surface area contributed by atoms with Gasteiger partial charge in [0, 0.05) is 16.8 Å². The second-order valence-electron chi connectivity index (χ2n) is 11.2. The van der Waals surface area contributed by atoms with Crippen LogP contribution in [0.5, 0.6) is 0 Å². The topological polar surface area (TPSA) is 145 Å². The first-order valence-electron chi connectivity index (χ1n) is 14.5. The Morgan fingerprint density at radius 1 is 0.553 bits per heavy atom. The number of hydrogen-bond donors (Lipinski definition) is 2. The number of amides is 2. The zero-order valence-corrected chi connectivity index (χ0v) is 24.2. The van der Waals surface area contributed by atoms with Crippen LogP contribution < -0.4 is 10.6 Å². The van der Waals surface area contributed by atoms with Crippen LogP contribution in [0.2, 0.25) is 0 Å². The van der Waals surface area contributed by atoms with E-state index in [1.165, 1.54) is 36.4 Å². The number of hydrogen-bond acceptors (Lipinski definition) is 8. The number of nitrogens with one attached hydrogen (secondary N) is 2. The normalized spacial score (nSPS) is 16.9. The van der Waals surface area contributed by atoms with E-state index >= 15 is 0 Å². The van der Waals surface area contributed by atoms with Crippen LogP contribution in [0.25, 0.3) is 16.7 Å². The quantitative estimate of drug-likeness (QED) is 0.216. The van der Waals surface area contributed by atoms with Gasteiger partial charge in [0.05, 0.1) is 28.3 Å². The van der Waals surface area contributed by atoms with Crippen molar-refractivity contribution in [2.45, 2.75) is 6.04 Å². The van der Waals surface area contributed by atoms with Crippen molar-refractivity contribution in [1.82, 2.24) is 10.6 Å². The van der Waals surface area contributed by atoms with Crippen molar-refractivity contribution < 1.29 is 38.2 Å². The Morgan fingerprint density at radius 2 is 1.04 bits per heavy atom. The molecule has 2 aliphatic carbocycles. The number of esters is 4. The van der Waals surface area contributed by atoms with E-state index in [4.69, 9.17) is 0 Å². The Morgan fingerprint density at radius 3 is 1.60 bits per heavy atom. The summed E-state index contributed by atoms with van der Waals surface area (Å²) in [4.78, 5) is 74.9. The molecule has 10 heteroatoms. The molecule has 0 fully saturated rings. The van der Waals surface area contributed by atoms with Crippen LogP contribution >= 0.6 is 0 Å². The van der Waals surface area contributed by atoms with Crippen molar-refractivity contribution in [1.29, 1.82) is 0 Å². The number of allylic oxidation sites excluding steroid dienone is 1. The number of cyclic esters (lactones) is 4. The van der Waals surface area contributed by atoms with Gasteiger partial charge < -0.3 is 20.1 Å². The molecule has 1 atom stereocenters. The van der Waals surface area contributed by atoms with Crippen molar-refractivity contribution in [2.75, 3.05) is 0 Å². The fourth-order valence-corrected chi connectivity index (χ4v) is 6.25. The predicted octanol–water partition coefficient (Wildman–Crippen LogP) is 4.77. The minimum Gasteiger partial charge on any atom is -0.386 e. The van der Waals surface area contributed by atoms with E-state index in [9.17, 15) is 28.8 Å². The fourth-order valence-electron chi connectivity index (χ4n) is 6.25. The Balaban J connectivity index is 1.18. The Labute approximate surface area is 266 Å². The van der Waals surface area contributed by atoms with Crippen molar-refractivity contribution in [3.8, 4) is 11.1 Å². The van der Waals surface area contributed by atoms with Crippen LogP contribution in [0.3, 0.4) is 0 Å². The second-order valence-corrected chi connectivity index (χ2v) is 11.2. The van der Waals surface area contributed by atoms with Gasteiger partial charge in [0.15, 0.2) is 0 Å². The third-order valence-corrected chi connectivity index (χ3v) is 8.44. The largest absolute Gasteiger partial charge is 0.386 e. The highest BCUT2D eigenvalue weighted by Crippen LogP contribution is 2.46. The zero-order chi connectivity index (χ0) is 32.4. The van der Waals surface area contributed by atoms with E-state index in [0.717, 1.165) is 27.8 Å². The first-order chi connectivity index (χ1) is 22.8. The minimum atomic E-state index is -0.813. The van der Waals surface area contributed by atoms with E-state index in [-0.39, 0.29) is 33.4 Å². The number of carbonyl (C=O) groups is 6. The standard InChI is InChI=1S/C37H20N2O8/c40-32(18-9-12-25-27(15-18)36(44)46-34(25)42)38-20-11-14-30(39-33(41)19-10-13-26-28(16-19)37(45)47-35(26)43)29(17-20)31-23-7-3-1-5-21(23)22-6-2-4-8-24(22)31/h1-17,30H,(H,38,40)(H,39,41). The molecule has 0 saturated carbocycles. The molecule has 8 rings (SSSR count). The SMILES string of the molecule is O=C(NC1=CC(=C2c3ccccc3-c3ccccc32)C(NC(=O)c2ccc3c(c2)C(=O)OC3=O)C=C1)c1ccc2c(c1)C(=O)OC2=O. The van der Waals surface area contributed by atoms with Gasteiger partial charge in [0.25, 0.3) is 11.8 Å². The van der Waals surface area contributed by atoms with E-state index in [1.54, 1.807) is 18.2 Å². The molecule has 2 N–H and O–H groups in total. The summed E-state index contributed by atoms with van der Waals surface area (Å²) in [7, 11) is 0. The van der Waals surface area contributed by atoms with Crippen LogP contribution in [0.15, 0.2) is 114 Å². The number of fused-ring (bicyclic) bond motifs is 5. The number of carbonyl (C=O) groups excluding carboxylic acids is 6. The maximum absolute atomic E-state index is 13.6. The first-order valence-corrected chi connectivity index (χ1v) is 14.5. The van der Waals surface area contributed by atoms with E-state index in [1.807, 2.05) is 48.5 Å². The number of benzene rings is 4. The van der Waals surface area contributed by atoms with Crippen molar-refractivity contribution in [2.24, 2.45) is 0 Å². The van der Waals surface area contributed by atoms with E-state index < -0.39 is 41.7 Å². The molecule has 2 aliphatic heterocycles. The van der Waals surface area contributed by atoms with Gasteiger partial charge >= 0.3 is 23.9 Å². The van der Waals surface area contributed by atoms with Crippen LogP contribution in [0.4, 0.5) is 0 Å². The smallest absolute Gasteiger partial charge is 0.346 e. The molecule has 10 nitrogen and oxygen atoms in total. The Hall–Kier alpha value is -6.68. The van der Waals surface area contributed by atoms with Crippen molar-refractivity contribution >= 4 is 41.3 Å². The molecule has 4 aromatic carbocycles. The number of ether oxygens (including phenoxy) is 2. The Bertz CT molecular complexity index is 2230. The highest BCUT2D eigenvalue weighted by atomic mass is 16.6. The summed E-state index contributed by atoms with van der Waals surface area (Å²) in [6, 6.07) is 23.4. The van der Waals surface area contributed by atoms with E-state index in [0.29, 0.717) is 11.3 Å². The summed E-state index contributed by atoms with van der Waals surface area (Å²) in [5.41, 5.74) is 6.45. The molecule has 226 valence electrons. The van der Waals surface area contributed by atoms with Crippen LogP contribution in [0.1, 0.15) is 73.3 Å². The Kier molecular flexibility index (Phi) is 6.19. The maximum atomic E-state index is 13.6. The van der Waals surface area contributed by atoms with Gasteiger partial charge in [-0.05, 0) is 82.0 Å².